The van der Waals surface area contributed by atoms with E-state index in [9.17, 15) is 9.18 Å². The van der Waals surface area contributed by atoms with Gasteiger partial charge in [0.15, 0.2) is 0 Å². The van der Waals surface area contributed by atoms with Crippen LogP contribution in [0.3, 0.4) is 0 Å². The third-order valence-corrected chi connectivity index (χ3v) is 5.15. The lowest BCUT2D eigenvalue weighted by Crippen LogP contribution is -2.43. The van der Waals surface area contributed by atoms with Crippen LogP contribution >= 0.6 is 11.3 Å². The fourth-order valence-electron chi connectivity index (χ4n) is 3.12. The minimum absolute atomic E-state index is 0.0138. The molecule has 0 saturated carbocycles. The molecule has 2 heterocycles. The van der Waals surface area contributed by atoms with Crippen molar-refractivity contribution in [1.29, 1.82) is 0 Å². The Morgan fingerprint density at radius 1 is 1.25 bits per heavy atom. The van der Waals surface area contributed by atoms with Crippen molar-refractivity contribution in [3.8, 4) is 0 Å². The van der Waals surface area contributed by atoms with Gasteiger partial charge in [-0.25, -0.2) is 9.37 Å². The van der Waals surface area contributed by atoms with E-state index in [0.717, 1.165) is 42.9 Å². The van der Waals surface area contributed by atoms with Gasteiger partial charge >= 0.3 is 0 Å². The van der Waals surface area contributed by atoms with Crippen LogP contribution in [0.5, 0.6) is 0 Å². The standard InChI is InChI=1S/C18H22FN3OS/c19-15-6-4-14(5-7-15)17(22-11-2-1-3-12-22)18(23)21-9-8-16-20-10-13-24-16/h4-7,10,13,17H,1-3,8-9,11-12H2,(H,21,23). The van der Waals surface area contributed by atoms with Crippen LogP contribution in [0, 0.1) is 5.82 Å². The molecular weight excluding hydrogens is 325 g/mol. The largest absolute Gasteiger partial charge is 0.354 e. The molecule has 3 rings (SSSR count). The molecule has 1 fully saturated rings. The van der Waals surface area contributed by atoms with Gasteiger partial charge in [-0.15, -0.1) is 11.3 Å². The van der Waals surface area contributed by atoms with Gasteiger partial charge in [0.1, 0.15) is 11.9 Å². The summed E-state index contributed by atoms with van der Waals surface area (Å²) in [5.74, 6) is -0.291. The van der Waals surface area contributed by atoms with Crippen molar-refractivity contribution >= 4 is 17.2 Å². The fourth-order valence-corrected chi connectivity index (χ4v) is 3.74. The predicted molar refractivity (Wildman–Crippen MR) is 93.4 cm³/mol. The number of hydrogen-bond donors (Lipinski definition) is 1. The Bertz CT molecular complexity index is 639. The number of amides is 1. The normalized spacial score (nSPS) is 16.7. The third-order valence-electron chi connectivity index (χ3n) is 4.31. The second kappa shape index (κ2) is 8.35. The SMILES string of the molecule is O=C(NCCc1nccs1)C(c1ccc(F)cc1)N1CCCCC1. The Morgan fingerprint density at radius 3 is 2.67 bits per heavy atom. The number of nitrogens with zero attached hydrogens (tertiary/aromatic N) is 2. The van der Waals surface area contributed by atoms with Crippen LogP contribution in [0.15, 0.2) is 35.8 Å². The summed E-state index contributed by atoms with van der Waals surface area (Å²) in [6.07, 6.45) is 5.92. The Hall–Kier alpha value is -1.79. The summed E-state index contributed by atoms with van der Waals surface area (Å²) in [7, 11) is 0. The van der Waals surface area contributed by atoms with Crippen LogP contribution in [0.4, 0.5) is 4.39 Å². The smallest absolute Gasteiger partial charge is 0.241 e. The van der Waals surface area contributed by atoms with Gasteiger partial charge in [0.2, 0.25) is 5.91 Å². The number of carbonyl (C=O) groups is 1. The first kappa shape index (κ1) is 17.0. The molecule has 1 aliphatic rings. The number of rotatable bonds is 6. The Labute approximate surface area is 145 Å². The van der Waals surface area contributed by atoms with E-state index in [1.807, 2.05) is 5.38 Å². The molecule has 0 spiro atoms. The molecule has 1 aromatic heterocycles. The molecule has 1 aliphatic heterocycles. The summed E-state index contributed by atoms with van der Waals surface area (Å²) < 4.78 is 13.2. The molecular formula is C18H22FN3OS. The zero-order chi connectivity index (χ0) is 16.8. The van der Waals surface area contributed by atoms with Crippen molar-refractivity contribution < 1.29 is 9.18 Å². The summed E-state index contributed by atoms with van der Waals surface area (Å²) in [6.45, 7) is 2.38. The van der Waals surface area contributed by atoms with E-state index in [-0.39, 0.29) is 17.8 Å². The summed E-state index contributed by atoms with van der Waals surface area (Å²) in [5.41, 5.74) is 0.852. The highest BCUT2D eigenvalue weighted by Crippen LogP contribution is 2.25. The van der Waals surface area contributed by atoms with E-state index >= 15 is 0 Å². The topological polar surface area (TPSA) is 45.2 Å². The highest BCUT2D eigenvalue weighted by atomic mass is 32.1. The molecule has 0 radical (unpaired) electrons. The molecule has 0 bridgehead atoms. The van der Waals surface area contributed by atoms with E-state index < -0.39 is 0 Å². The molecule has 2 aromatic rings. The van der Waals surface area contributed by atoms with Gasteiger partial charge in [0.05, 0.1) is 5.01 Å². The average Bonchev–Trinajstić information content (AvgIpc) is 3.11. The average molecular weight is 347 g/mol. The maximum atomic E-state index is 13.2. The quantitative estimate of drug-likeness (QED) is 0.873. The molecule has 1 saturated heterocycles. The molecule has 6 heteroatoms. The lowest BCUT2D eigenvalue weighted by Gasteiger charge is -2.34. The first-order chi connectivity index (χ1) is 11.7. The second-order valence-corrected chi connectivity index (χ2v) is 7.00. The molecule has 1 aromatic carbocycles. The summed E-state index contributed by atoms with van der Waals surface area (Å²) in [5, 5.41) is 5.98. The molecule has 24 heavy (non-hydrogen) atoms. The molecule has 1 atom stereocenters. The zero-order valence-electron chi connectivity index (χ0n) is 13.6. The molecule has 1 unspecified atom stereocenters. The third kappa shape index (κ3) is 4.39. The van der Waals surface area contributed by atoms with Crippen LogP contribution in [-0.4, -0.2) is 35.4 Å². The molecule has 4 nitrogen and oxygen atoms in total. The van der Waals surface area contributed by atoms with Gasteiger partial charge in [-0.2, -0.15) is 0 Å². The number of piperidine rings is 1. The Balaban J connectivity index is 1.68. The lowest BCUT2D eigenvalue weighted by atomic mass is 10.0. The van der Waals surface area contributed by atoms with Gasteiger partial charge in [0.25, 0.3) is 0 Å². The lowest BCUT2D eigenvalue weighted by molar-refractivity contribution is -0.127. The number of aromatic nitrogens is 1. The van der Waals surface area contributed by atoms with Gasteiger partial charge < -0.3 is 5.32 Å². The predicted octanol–water partition coefficient (Wildman–Crippen LogP) is 3.17. The monoisotopic (exact) mass is 347 g/mol. The van der Waals surface area contributed by atoms with E-state index in [1.54, 1.807) is 29.7 Å². The van der Waals surface area contributed by atoms with Crippen LogP contribution in [0.25, 0.3) is 0 Å². The highest BCUT2D eigenvalue weighted by Gasteiger charge is 2.28. The molecule has 1 N–H and O–H groups in total. The first-order valence-electron chi connectivity index (χ1n) is 8.39. The highest BCUT2D eigenvalue weighted by molar-refractivity contribution is 7.09. The number of halogens is 1. The number of likely N-dealkylation sites (tertiary alicyclic amines) is 1. The number of hydrogen-bond acceptors (Lipinski definition) is 4. The second-order valence-electron chi connectivity index (χ2n) is 6.02. The van der Waals surface area contributed by atoms with E-state index in [0.29, 0.717) is 6.54 Å². The van der Waals surface area contributed by atoms with Crippen LogP contribution in [0.2, 0.25) is 0 Å². The minimum Gasteiger partial charge on any atom is -0.354 e. The van der Waals surface area contributed by atoms with Gasteiger partial charge in [-0.3, -0.25) is 9.69 Å². The number of carbonyl (C=O) groups excluding carboxylic acids is 1. The van der Waals surface area contributed by atoms with Crippen molar-refractivity contribution in [3.05, 3.63) is 52.2 Å². The fraction of sp³-hybridized carbons (Fsp3) is 0.444. The maximum Gasteiger partial charge on any atom is 0.241 e. The van der Waals surface area contributed by atoms with Gasteiger partial charge in [0, 0.05) is 24.5 Å². The molecule has 1 amide bonds. The van der Waals surface area contributed by atoms with Crippen molar-refractivity contribution in [2.45, 2.75) is 31.7 Å². The van der Waals surface area contributed by atoms with Crippen LogP contribution < -0.4 is 5.32 Å². The van der Waals surface area contributed by atoms with Crippen molar-refractivity contribution in [2.24, 2.45) is 0 Å². The summed E-state index contributed by atoms with van der Waals surface area (Å²) >= 11 is 1.59. The van der Waals surface area contributed by atoms with Gasteiger partial charge in [-0.1, -0.05) is 18.6 Å². The van der Waals surface area contributed by atoms with E-state index in [1.165, 1.54) is 18.6 Å². The summed E-state index contributed by atoms with van der Waals surface area (Å²) in [4.78, 5) is 19.2. The first-order valence-corrected chi connectivity index (χ1v) is 9.27. The maximum absolute atomic E-state index is 13.2. The van der Waals surface area contributed by atoms with Crippen LogP contribution in [-0.2, 0) is 11.2 Å². The Kier molecular flexibility index (Phi) is 5.93. The van der Waals surface area contributed by atoms with Gasteiger partial charge in [-0.05, 0) is 43.6 Å². The van der Waals surface area contributed by atoms with E-state index in [4.69, 9.17) is 0 Å². The van der Waals surface area contributed by atoms with Crippen molar-refractivity contribution in [1.82, 2.24) is 15.2 Å². The van der Waals surface area contributed by atoms with E-state index in [2.05, 4.69) is 15.2 Å². The number of nitrogens with one attached hydrogen (secondary N) is 1. The van der Waals surface area contributed by atoms with Crippen molar-refractivity contribution in [2.75, 3.05) is 19.6 Å². The molecule has 128 valence electrons. The summed E-state index contributed by atoms with van der Waals surface area (Å²) in [6, 6.07) is 5.94. The van der Waals surface area contributed by atoms with Crippen LogP contribution in [0.1, 0.15) is 35.9 Å². The minimum atomic E-state index is -0.345. The Morgan fingerprint density at radius 2 is 2.00 bits per heavy atom. The number of thiazole rings is 1. The molecule has 0 aliphatic carbocycles. The van der Waals surface area contributed by atoms with Crippen molar-refractivity contribution in [3.63, 3.8) is 0 Å². The number of benzene rings is 1. The zero-order valence-corrected chi connectivity index (χ0v) is 14.4.